The van der Waals surface area contributed by atoms with Crippen molar-refractivity contribution in [3.05, 3.63) is 49.7 Å². The summed E-state index contributed by atoms with van der Waals surface area (Å²) in [5, 5.41) is 9.06. The number of carbonyl (C=O) groups excluding carboxylic acids is 1. The Bertz CT molecular complexity index is 722. The minimum absolute atomic E-state index is 0.0753. The van der Waals surface area contributed by atoms with Gasteiger partial charge in [-0.1, -0.05) is 29.3 Å². The molecule has 22 heavy (non-hydrogen) atoms. The molecule has 0 bridgehead atoms. The third-order valence-electron chi connectivity index (χ3n) is 2.97. The summed E-state index contributed by atoms with van der Waals surface area (Å²) in [5.41, 5.74) is 4.69. The van der Waals surface area contributed by atoms with Gasteiger partial charge in [0.15, 0.2) is 0 Å². The molecule has 0 spiro atoms. The lowest BCUT2D eigenvalue weighted by Gasteiger charge is -2.04. The van der Waals surface area contributed by atoms with Gasteiger partial charge in [-0.2, -0.15) is 10.2 Å². The fourth-order valence-electron chi connectivity index (χ4n) is 1.80. The largest absolute Gasteiger partial charge is 0.271 e. The maximum atomic E-state index is 11.9. The van der Waals surface area contributed by atoms with Gasteiger partial charge in [0, 0.05) is 5.56 Å². The Morgan fingerprint density at radius 3 is 2.59 bits per heavy atom. The van der Waals surface area contributed by atoms with E-state index in [1.54, 1.807) is 22.9 Å². The van der Waals surface area contributed by atoms with Crippen molar-refractivity contribution in [3.63, 3.8) is 0 Å². The highest BCUT2D eigenvalue weighted by molar-refractivity contribution is 9.10. The number of nitrogens with one attached hydrogen (secondary N) is 1. The van der Waals surface area contributed by atoms with E-state index in [4.69, 9.17) is 23.2 Å². The van der Waals surface area contributed by atoms with Gasteiger partial charge in [-0.15, -0.1) is 0 Å². The lowest BCUT2D eigenvalue weighted by molar-refractivity contribution is -0.121. The van der Waals surface area contributed by atoms with Crippen LogP contribution in [0.1, 0.15) is 17.0 Å². The second kappa shape index (κ2) is 7.26. The van der Waals surface area contributed by atoms with Crippen LogP contribution in [0.3, 0.4) is 0 Å². The Morgan fingerprint density at radius 1 is 1.41 bits per heavy atom. The second-order valence-corrected chi connectivity index (χ2v) is 6.18. The number of amides is 1. The molecule has 2 aromatic rings. The van der Waals surface area contributed by atoms with Crippen LogP contribution in [0.15, 0.2) is 27.8 Å². The van der Waals surface area contributed by atoms with Crippen LogP contribution in [0.25, 0.3) is 0 Å². The third kappa shape index (κ3) is 3.88. The minimum Gasteiger partial charge on any atom is -0.271 e. The summed E-state index contributed by atoms with van der Waals surface area (Å²) in [5.74, 6) is -0.294. The molecule has 5 nitrogen and oxygen atoms in total. The number of aryl methyl sites for hydroxylation is 1. The van der Waals surface area contributed by atoms with Crippen molar-refractivity contribution in [3.8, 4) is 0 Å². The average molecular weight is 404 g/mol. The average Bonchev–Trinajstić information content (AvgIpc) is 2.69. The second-order valence-electron chi connectivity index (χ2n) is 4.57. The number of hydrogen-bond acceptors (Lipinski definition) is 3. The van der Waals surface area contributed by atoms with Gasteiger partial charge in [-0.3, -0.25) is 9.48 Å². The Hall–Kier alpha value is -1.37. The standard InChI is InChI=1S/C14H13BrCl2N4O/c1-8-14(15)9(2)21(20-8)7-13(22)19-18-6-10-11(16)4-3-5-12(10)17/h3-6H,7H2,1-2H3,(H,19,22). The maximum absolute atomic E-state index is 11.9. The Morgan fingerprint density at radius 2 is 2.05 bits per heavy atom. The summed E-state index contributed by atoms with van der Waals surface area (Å²) in [6.07, 6.45) is 1.42. The molecule has 0 saturated carbocycles. The fraction of sp³-hybridized carbons (Fsp3) is 0.214. The zero-order valence-electron chi connectivity index (χ0n) is 11.9. The van der Waals surface area contributed by atoms with Crippen LogP contribution >= 0.6 is 39.1 Å². The summed E-state index contributed by atoms with van der Waals surface area (Å²) in [6.45, 7) is 3.82. The molecule has 0 saturated heterocycles. The zero-order valence-corrected chi connectivity index (χ0v) is 15.0. The number of halogens is 3. The normalized spacial score (nSPS) is 11.1. The third-order valence-corrected chi connectivity index (χ3v) is 4.78. The van der Waals surface area contributed by atoms with Crippen LogP contribution in [0.2, 0.25) is 10.0 Å². The molecule has 1 amide bonds. The maximum Gasteiger partial charge on any atom is 0.261 e. The van der Waals surface area contributed by atoms with Gasteiger partial charge in [-0.05, 0) is 41.9 Å². The Kier molecular flexibility index (Phi) is 5.61. The highest BCUT2D eigenvalue weighted by atomic mass is 79.9. The van der Waals surface area contributed by atoms with Gasteiger partial charge in [0.1, 0.15) is 6.54 Å². The van der Waals surface area contributed by atoms with E-state index in [-0.39, 0.29) is 12.5 Å². The molecule has 116 valence electrons. The molecule has 2 rings (SSSR count). The summed E-state index contributed by atoms with van der Waals surface area (Å²) >= 11 is 15.4. The predicted molar refractivity (Wildman–Crippen MR) is 91.6 cm³/mol. The zero-order chi connectivity index (χ0) is 16.3. The lowest BCUT2D eigenvalue weighted by atomic mass is 10.2. The number of rotatable bonds is 4. The molecular formula is C14H13BrCl2N4O. The molecule has 8 heteroatoms. The van der Waals surface area contributed by atoms with E-state index in [1.165, 1.54) is 6.21 Å². The van der Waals surface area contributed by atoms with Crippen LogP contribution in [0, 0.1) is 13.8 Å². The molecule has 0 fully saturated rings. The first-order valence-electron chi connectivity index (χ1n) is 6.35. The van der Waals surface area contributed by atoms with Crippen molar-refractivity contribution < 1.29 is 4.79 Å². The van der Waals surface area contributed by atoms with Gasteiger partial charge in [0.05, 0.1) is 32.1 Å². The van der Waals surface area contributed by atoms with Gasteiger partial charge in [-0.25, -0.2) is 5.43 Å². The molecule has 0 radical (unpaired) electrons. The van der Waals surface area contributed by atoms with Gasteiger partial charge < -0.3 is 0 Å². The smallest absolute Gasteiger partial charge is 0.261 e. The molecule has 0 aliphatic carbocycles. The summed E-state index contributed by atoms with van der Waals surface area (Å²) < 4.78 is 2.50. The van der Waals surface area contributed by atoms with E-state index in [1.807, 2.05) is 13.8 Å². The van der Waals surface area contributed by atoms with Crippen molar-refractivity contribution in [1.29, 1.82) is 0 Å². The molecule has 0 unspecified atom stereocenters. The number of benzene rings is 1. The van der Waals surface area contributed by atoms with Gasteiger partial charge in [0.2, 0.25) is 0 Å². The van der Waals surface area contributed by atoms with Gasteiger partial charge in [0.25, 0.3) is 5.91 Å². The number of aromatic nitrogens is 2. The van der Waals surface area contributed by atoms with E-state index in [2.05, 4.69) is 31.6 Å². The molecule has 1 heterocycles. The first-order chi connectivity index (χ1) is 10.4. The highest BCUT2D eigenvalue weighted by Gasteiger charge is 2.11. The van der Waals surface area contributed by atoms with Crippen LogP contribution in [-0.4, -0.2) is 21.9 Å². The van der Waals surface area contributed by atoms with E-state index < -0.39 is 0 Å². The van der Waals surface area contributed by atoms with Crippen LogP contribution in [0.5, 0.6) is 0 Å². The highest BCUT2D eigenvalue weighted by Crippen LogP contribution is 2.22. The molecule has 1 aromatic carbocycles. The predicted octanol–water partition coefficient (Wildman–Crippen LogP) is 3.72. The topological polar surface area (TPSA) is 59.3 Å². The summed E-state index contributed by atoms with van der Waals surface area (Å²) in [6, 6.07) is 5.13. The summed E-state index contributed by atoms with van der Waals surface area (Å²) in [7, 11) is 0. The number of hydrogen-bond donors (Lipinski definition) is 1. The molecule has 1 N–H and O–H groups in total. The Balaban J connectivity index is 2.01. The lowest BCUT2D eigenvalue weighted by Crippen LogP contribution is -2.24. The van der Waals surface area contributed by atoms with Crippen molar-refractivity contribution >= 4 is 51.3 Å². The molecule has 0 atom stereocenters. The van der Waals surface area contributed by atoms with Crippen molar-refractivity contribution in [2.45, 2.75) is 20.4 Å². The van der Waals surface area contributed by atoms with E-state index in [0.717, 1.165) is 15.9 Å². The SMILES string of the molecule is Cc1nn(CC(=O)NN=Cc2c(Cl)cccc2Cl)c(C)c1Br. The van der Waals surface area contributed by atoms with Crippen LogP contribution < -0.4 is 5.43 Å². The fourth-order valence-corrected chi connectivity index (χ4v) is 2.58. The number of hydrazone groups is 1. The van der Waals surface area contributed by atoms with E-state index in [0.29, 0.717) is 15.6 Å². The van der Waals surface area contributed by atoms with Crippen molar-refractivity contribution in [2.75, 3.05) is 0 Å². The monoisotopic (exact) mass is 402 g/mol. The van der Waals surface area contributed by atoms with Crippen LogP contribution in [-0.2, 0) is 11.3 Å². The summed E-state index contributed by atoms with van der Waals surface area (Å²) in [4.78, 5) is 11.9. The molecule has 0 aliphatic heterocycles. The first-order valence-corrected chi connectivity index (χ1v) is 7.90. The van der Waals surface area contributed by atoms with E-state index in [9.17, 15) is 4.79 Å². The number of nitrogens with zero attached hydrogens (tertiary/aromatic N) is 3. The van der Waals surface area contributed by atoms with Crippen molar-refractivity contribution in [1.82, 2.24) is 15.2 Å². The quantitative estimate of drug-likeness (QED) is 0.624. The number of carbonyl (C=O) groups is 1. The molecule has 0 aliphatic rings. The van der Waals surface area contributed by atoms with E-state index >= 15 is 0 Å². The molecule has 1 aromatic heterocycles. The van der Waals surface area contributed by atoms with Crippen LogP contribution in [0.4, 0.5) is 0 Å². The molecular weight excluding hydrogens is 391 g/mol. The van der Waals surface area contributed by atoms with Crippen molar-refractivity contribution in [2.24, 2.45) is 5.10 Å². The Labute approximate surface area is 146 Å². The first kappa shape index (κ1) is 17.0. The minimum atomic E-state index is -0.294. The van der Waals surface area contributed by atoms with Gasteiger partial charge >= 0.3 is 0 Å².